The van der Waals surface area contributed by atoms with Crippen molar-refractivity contribution in [3.63, 3.8) is 0 Å². The fraction of sp³-hybridized carbons (Fsp3) is 0.934. The lowest BCUT2D eigenvalue weighted by Crippen LogP contribution is -2.67. The summed E-state index contributed by atoms with van der Waals surface area (Å²) in [5.74, 6) is -0.576. The predicted octanol–water partition coefficient (Wildman–Crippen LogP) is -4.15. The van der Waals surface area contributed by atoms with E-state index in [9.17, 15) is 94.7 Å². The number of aliphatic hydroxyl groups is 16. The SMILES string of the molecule is CC(C)=CCCC(C)(O)C1CCC2C3CC(OC4OC(C)C(O)C(OC5OCC(OC6OC(C)C(O)C(O)C6OC6OC(O)C(O)C(OC7OC(CO)C(O)C(O)C7O)C6O)C(O)C5OC5OC(C)C(O)C(O)C5O)C4O)C4CC(OS(=O)(=O)O)CCC4(C)C3=CCC21C. The second kappa shape index (κ2) is 29.3. The molecule has 6 saturated heterocycles. The van der Waals surface area contributed by atoms with Gasteiger partial charge in [-0.25, -0.2) is 4.18 Å². The van der Waals surface area contributed by atoms with Crippen LogP contribution >= 0.6 is 0 Å². The number of aliphatic hydroxyl groups excluding tert-OH is 15. The average Bonchev–Trinajstić information content (AvgIpc) is 1.34. The highest BCUT2D eigenvalue weighted by molar-refractivity contribution is 7.80. The van der Waals surface area contributed by atoms with Gasteiger partial charge in [0.1, 0.15) is 116 Å². The first-order valence-electron chi connectivity index (χ1n) is 32.7. The van der Waals surface area contributed by atoms with Crippen molar-refractivity contribution in [2.24, 2.45) is 34.5 Å². The fourth-order valence-corrected chi connectivity index (χ4v) is 17.3. The number of allylic oxidation sites excluding steroid dienone is 4. The summed E-state index contributed by atoms with van der Waals surface area (Å²) in [6.07, 6.45) is -45.8. The van der Waals surface area contributed by atoms with Gasteiger partial charge in [-0.15, -0.1) is 0 Å². The molecule has 94 heavy (non-hydrogen) atoms. The molecule has 17 N–H and O–H groups in total. The normalized spacial score (nSPS) is 52.4. The maximum atomic E-state index is 12.5. The van der Waals surface area contributed by atoms with Crippen LogP contribution in [0.3, 0.4) is 0 Å². The van der Waals surface area contributed by atoms with Gasteiger partial charge in [0.05, 0.1) is 49.3 Å². The van der Waals surface area contributed by atoms with Gasteiger partial charge in [-0.2, -0.15) is 8.42 Å². The summed E-state index contributed by atoms with van der Waals surface area (Å²) in [4.78, 5) is 0. The summed E-state index contributed by atoms with van der Waals surface area (Å²) in [6.45, 7) is 12.9. The largest absolute Gasteiger partial charge is 0.397 e. The zero-order valence-electron chi connectivity index (χ0n) is 53.8. The number of hydrogen-bond donors (Lipinski definition) is 17. The standard InChI is InChI=1S/C61H100O32S/c1-22(2)10-9-15-61(8,77)34-12-11-28-27-19-31(30-18-26(93-94(78,79)80)13-16-59(30,6)29(27)14-17-60(28,34)7)85-55-46(74)48(37(65)25(5)83-55)89-57-50(90-53-43(71)40(68)35(63)23(3)82-53)39(67)33(21-81-57)87-58-51(42(70)36(64)24(4)84-58)91-56-47(75)49(45(73)52(76)92-56)88-54-44(72)41(69)38(66)32(20-62)86-54/h10,14,23-28,30-58,62-77H,9,11-13,15-21H2,1-8H3,(H,78,79,80). The highest BCUT2D eigenvalue weighted by Gasteiger charge is 2.64. The van der Waals surface area contributed by atoms with Gasteiger partial charge >= 0.3 is 10.4 Å². The Labute approximate surface area is 544 Å². The molecule has 38 unspecified atom stereocenters. The zero-order chi connectivity index (χ0) is 68.7. The number of ether oxygens (including phenoxy) is 12. The van der Waals surface area contributed by atoms with Crippen molar-refractivity contribution in [3.8, 4) is 0 Å². The highest BCUT2D eigenvalue weighted by atomic mass is 32.3. The molecule has 10 rings (SSSR count). The minimum Gasteiger partial charge on any atom is -0.394 e. The monoisotopic (exact) mass is 1380 g/mol. The Kier molecular flexibility index (Phi) is 23.3. The number of hydrogen-bond acceptors (Lipinski definition) is 31. The molecule has 0 spiro atoms. The first-order valence-corrected chi connectivity index (χ1v) is 34.0. The van der Waals surface area contributed by atoms with Crippen molar-refractivity contribution in [1.29, 1.82) is 0 Å². The number of fused-ring (bicyclic) bond motifs is 5. The van der Waals surface area contributed by atoms with Crippen LogP contribution in [0.25, 0.3) is 0 Å². The Hall–Kier alpha value is -1.77. The molecule has 4 aliphatic carbocycles. The first kappa shape index (κ1) is 74.9. The van der Waals surface area contributed by atoms with Crippen molar-refractivity contribution in [1.82, 2.24) is 0 Å². The van der Waals surface area contributed by atoms with Gasteiger partial charge in [-0.05, 0) is 134 Å². The summed E-state index contributed by atoms with van der Waals surface area (Å²) >= 11 is 0. The molecule has 0 aromatic carbocycles. The van der Waals surface area contributed by atoms with Gasteiger partial charge in [0, 0.05) is 0 Å². The summed E-state index contributed by atoms with van der Waals surface area (Å²) in [5.41, 5.74) is 0.391. The van der Waals surface area contributed by atoms with E-state index in [1.807, 2.05) is 20.8 Å². The van der Waals surface area contributed by atoms with Crippen LogP contribution in [0.5, 0.6) is 0 Å². The molecule has 6 heterocycles. The molecule has 542 valence electrons. The minimum absolute atomic E-state index is 0.0558. The van der Waals surface area contributed by atoms with E-state index in [-0.39, 0.29) is 36.0 Å². The van der Waals surface area contributed by atoms with E-state index in [1.54, 1.807) is 0 Å². The van der Waals surface area contributed by atoms with E-state index in [2.05, 4.69) is 26.0 Å². The van der Waals surface area contributed by atoms with Crippen LogP contribution in [0.2, 0.25) is 0 Å². The molecule has 0 aromatic rings. The maximum Gasteiger partial charge on any atom is 0.397 e. The predicted molar refractivity (Wildman–Crippen MR) is 313 cm³/mol. The molecule has 10 aliphatic rings. The van der Waals surface area contributed by atoms with Gasteiger partial charge in [-0.3, -0.25) is 4.55 Å². The van der Waals surface area contributed by atoms with E-state index >= 15 is 0 Å². The maximum absolute atomic E-state index is 12.5. The van der Waals surface area contributed by atoms with Crippen LogP contribution in [0.4, 0.5) is 0 Å². The molecule has 3 saturated carbocycles. The van der Waals surface area contributed by atoms with Crippen LogP contribution in [-0.4, -0.2) is 304 Å². The van der Waals surface area contributed by atoms with Crippen LogP contribution in [-0.2, 0) is 71.4 Å². The van der Waals surface area contributed by atoms with Gasteiger partial charge in [0.15, 0.2) is 44.0 Å². The van der Waals surface area contributed by atoms with Crippen molar-refractivity contribution >= 4 is 10.4 Å². The Bertz CT molecular complexity index is 2710. The Morgan fingerprint density at radius 3 is 1.74 bits per heavy atom. The van der Waals surface area contributed by atoms with E-state index < -0.39 is 231 Å². The summed E-state index contributed by atoms with van der Waals surface area (Å²) in [6, 6.07) is 0. The molecule has 33 heteroatoms. The summed E-state index contributed by atoms with van der Waals surface area (Å²) < 4.78 is 112. The van der Waals surface area contributed by atoms with Crippen LogP contribution in [0.1, 0.15) is 113 Å². The lowest BCUT2D eigenvalue weighted by atomic mass is 9.47. The van der Waals surface area contributed by atoms with Gasteiger partial charge in [0.2, 0.25) is 0 Å². The van der Waals surface area contributed by atoms with Crippen molar-refractivity contribution in [2.45, 2.75) is 309 Å². The lowest BCUT2D eigenvalue weighted by molar-refractivity contribution is -0.411. The molecule has 0 aromatic heterocycles. The molecule has 0 bridgehead atoms. The first-order chi connectivity index (χ1) is 44.0. The average molecular weight is 1380 g/mol. The van der Waals surface area contributed by atoms with Crippen molar-refractivity contribution < 1.29 is 156 Å². The van der Waals surface area contributed by atoms with E-state index in [0.717, 1.165) is 18.4 Å². The molecule has 38 atom stereocenters. The van der Waals surface area contributed by atoms with Crippen molar-refractivity contribution in [2.75, 3.05) is 13.2 Å². The highest BCUT2D eigenvalue weighted by Crippen LogP contribution is 2.67. The smallest absolute Gasteiger partial charge is 0.394 e. The molecule has 0 amide bonds. The molecule has 6 aliphatic heterocycles. The molecular formula is C61H100O32S. The Balaban J connectivity index is 0.897. The molecule has 32 nitrogen and oxygen atoms in total. The Morgan fingerprint density at radius 1 is 0.585 bits per heavy atom. The summed E-state index contributed by atoms with van der Waals surface area (Å²) in [7, 11) is -4.89. The van der Waals surface area contributed by atoms with Gasteiger partial charge in [-0.1, -0.05) is 37.1 Å². The van der Waals surface area contributed by atoms with Gasteiger partial charge in [0.25, 0.3) is 0 Å². The minimum atomic E-state index is -4.89. The fourth-order valence-electron chi connectivity index (χ4n) is 16.8. The molecule has 0 radical (unpaired) electrons. The third kappa shape index (κ3) is 14.8. The molecule has 9 fully saturated rings. The second-order valence-electron chi connectivity index (χ2n) is 28.7. The van der Waals surface area contributed by atoms with Crippen LogP contribution < -0.4 is 0 Å². The van der Waals surface area contributed by atoms with Gasteiger partial charge < -0.3 is 139 Å². The third-order valence-corrected chi connectivity index (χ3v) is 22.6. The molecular weight excluding hydrogens is 1280 g/mol. The van der Waals surface area contributed by atoms with Crippen LogP contribution in [0.15, 0.2) is 23.3 Å². The van der Waals surface area contributed by atoms with E-state index in [4.69, 9.17) is 61.0 Å². The number of rotatable bonds is 19. The Morgan fingerprint density at radius 2 is 1.12 bits per heavy atom. The quantitative estimate of drug-likeness (QED) is 0.0431. The second-order valence-corrected chi connectivity index (χ2v) is 29.7. The van der Waals surface area contributed by atoms with E-state index in [0.29, 0.717) is 32.1 Å². The summed E-state index contributed by atoms with van der Waals surface area (Å²) in [5, 5.41) is 179. The third-order valence-electron chi connectivity index (χ3n) is 22.1. The van der Waals surface area contributed by atoms with Crippen molar-refractivity contribution in [3.05, 3.63) is 23.3 Å². The topological polar surface area (TPSA) is 498 Å². The zero-order valence-corrected chi connectivity index (χ0v) is 54.6. The van der Waals surface area contributed by atoms with E-state index in [1.165, 1.54) is 26.3 Å². The van der Waals surface area contributed by atoms with Crippen LogP contribution in [0, 0.1) is 34.5 Å². The lowest BCUT2D eigenvalue weighted by Gasteiger charge is -2.60.